The van der Waals surface area contributed by atoms with Crippen LogP contribution in [0.3, 0.4) is 0 Å². The second-order valence-corrected chi connectivity index (χ2v) is 4.43. The van der Waals surface area contributed by atoms with Gasteiger partial charge in [0, 0.05) is 5.56 Å². The lowest BCUT2D eigenvalue weighted by Gasteiger charge is -2.17. The van der Waals surface area contributed by atoms with Crippen molar-refractivity contribution in [2.45, 2.75) is 26.8 Å². The molecule has 0 radical (unpaired) electrons. The number of nitrogen functional groups attached to an aromatic ring is 1. The number of halogens is 2. The van der Waals surface area contributed by atoms with Crippen molar-refractivity contribution in [3.63, 3.8) is 0 Å². The molecule has 0 aliphatic heterocycles. The van der Waals surface area contributed by atoms with Gasteiger partial charge in [0.25, 0.3) is 0 Å². The largest absolute Gasteiger partial charge is 0.397 e. The van der Waals surface area contributed by atoms with E-state index in [0.29, 0.717) is 11.5 Å². The third-order valence-corrected chi connectivity index (χ3v) is 3.01. The van der Waals surface area contributed by atoms with Crippen molar-refractivity contribution in [3.05, 3.63) is 40.8 Å². The zero-order valence-electron chi connectivity index (χ0n) is 10.9. The minimum atomic E-state index is -0.987. The molecule has 0 bridgehead atoms. The summed E-state index contributed by atoms with van der Waals surface area (Å²) >= 11 is 0. The van der Waals surface area contributed by atoms with Crippen LogP contribution >= 0.6 is 0 Å². The summed E-state index contributed by atoms with van der Waals surface area (Å²) in [5.74, 6) is -1.30. The lowest BCUT2D eigenvalue weighted by molar-refractivity contribution is 0.392. The summed E-state index contributed by atoms with van der Waals surface area (Å²) in [6.07, 6.45) is 0. The Morgan fingerprint density at radius 1 is 1.32 bits per heavy atom. The summed E-state index contributed by atoms with van der Waals surface area (Å²) in [4.78, 5) is 0. The van der Waals surface area contributed by atoms with Gasteiger partial charge in [0.15, 0.2) is 11.6 Å². The van der Waals surface area contributed by atoms with Crippen molar-refractivity contribution in [2.24, 2.45) is 0 Å². The van der Waals surface area contributed by atoms with Crippen LogP contribution in [0.4, 0.5) is 20.2 Å². The first-order valence-corrected chi connectivity index (χ1v) is 5.84. The van der Waals surface area contributed by atoms with Crippen LogP contribution in [0.5, 0.6) is 0 Å². The van der Waals surface area contributed by atoms with Gasteiger partial charge in [-0.2, -0.15) is 0 Å². The maximum atomic E-state index is 13.7. The smallest absolute Gasteiger partial charge is 0.183 e. The maximum absolute atomic E-state index is 13.7. The summed E-state index contributed by atoms with van der Waals surface area (Å²) in [6.45, 7) is 5.35. The van der Waals surface area contributed by atoms with Crippen LogP contribution in [0, 0.1) is 25.5 Å². The van der Waals surface area contributed by atoms with Gasteiger partial charge in [-0.1, -0.05) is 5.16 Å². The van der Waals surface area contributed by atoms with Gasteiger partial charge in [-0.3, -0.25) is 0 Å². The predicted molar refractivity (Wildman–Crippen MR) is 68.8 cm³/mol. The van der Waals surface area contributed by atoms with E-state index in [1.165, 1.54) is 6.07 Å². The fourth-order valence-electron chi connectivity index (χ4n) is 2.11. The van der Waals surface area contributed by atoms with Crippen molar-refractivity contribution in [2.75, 3.05) is 11.1 Å². The molecular formula is C13H15F2N3O. The number of hydrogen-bond acceptors (Lipinski definition) is 4. The number of nitrogens with one attached hydrogen (secondary N) is 1. The number of rotatable bonds is 3. The van der Waals surface area contributed by atoms with Gasteiger partial charge in [0.1, 0.15) is 5.76 Å². The van der Waals surface area contributed by atoms with Crippen molar-refractivity contribution >= 4 is 11.4 Å². The standard InChI is InChI=1S/C13H15F2N3O/c1-6(11-7(2)18-19-8(11)3)17-13-10(16)5-4-9(14)12(13)15/h4-6,17H,16H2,1-3H3. The summed E-state index contributed by atoms with van der Waals surface area (Å²) in [6, 6.07) is 2.02. The minimum absolute atomic E-state index is 0.0486. The molecule has 0 saturated carbocycles. The van der Waals surface area contributed by atoms with E-state index in [9.17, 15) is 8.78 Å². The monoisotopic (exact) mass is 267 g/mol. The van der Waals surface area contributed by atoms with Crippen LogP contribution in [0.1, 0.15) is 30.0 Å². The number of aromatic nitrogens is 1. The van der Waals surface area contributed by atoms with E-state index in [2.05, 4.69) is 10.5 Å². The molecule has 1 aromatic heterocycles. The molecule has 6 heteroatoms. The summed E-state index contributed by atoms with van der Waals surface area (Å²) < 4.78 is 32.0. The molecule has 1 atom stereocenters. The Labute approximate surface area is 109 Å². The van der Waals surface area contributed by atoms with Gasteiger partial charge in [0.2, 0.25) is 0 Å². The number of anilines is 2. The van der Waals surface area contributed by atoms with E-state index in [1.54, 1.807) is 20.8 Å². The van der Waals surface area contributed by atoms with Crippen LogP contribution in [-0.2, 0) is 0 Å². The van der Waals surface area contributed by atoms with E-state index >= 15 is 0 Å². The molecule has 0 amide bonds. The minimum Gasteiger partial charge on any atom is -0.397 e. The number of benzene rings is 1. The van der Waals surface area contributed by atoms with Gasteiger partial charge in [0.05, 0.1) is 23.1 Å². The lowest BCUT2D eigenvalue weighted by atomic mass is 10.1. The summed E-state index contributed by atoms with van der Waals surface area (Å²) in [5.41, 5.74) is 7.27. The molecule has 0 saturated heterocycles. The van der Waals surface area contributed by atoms with Gasteiger partial charge < -0.3 is 15.6 Å². The van der Waals surface area contributed by atoms with E-state index in [1.807, 2.05) is 0 Å². The average molecular weight is 267 g/mol. The van der Waals surface area contributed by atoms with E-state index < -0.39 is 11.6 Å². The highest BCUT2D eigenvalue weighted by Crippen LogP contribution is 2.30. The Bertz CT molecular complexity index is 591. The highest BCUT2D eigenvalue weighted by molar-refractivity contribution is 5.67. The first kappa shape index (κ1) is 13.3. The molecule has 2 aromatic rings. The quantitative estimate of drug-likeness (QED) is 0.837. The third kappa shape index (κ3) is 2.38. The summed E-state index contributed by atoms with van der Waals surface area (Å²) in [7, 11) is 0. The van der Waals surface area contributed by atoms with E-state index in [4.69, 9.17) is 10.3 Å². The fraction of sp³-hybridized carbons (Fsp3) is 0.308. The van der Waals surface area contributed by atoms with Crippen molar-refractivity contribution in [3.8, 4) is 0 Å². The lowest BCUT2D eigenvalue weighted by Crippen LogP contribution is -2.12. The van der Waals surface area contributed by atoms with E-state index in [-0.39, 0.29) is 17.4 Å². The highest BCUT2D eigenvalue weighted by atomic mass is 19.2. The highest BCUT2D eigenvalue weighted by Gasteiger charge is 2.19. The Hall–Kier alpha value is -2.11. The molecule has 0 aliphatic carbocycles. The topological polar surface area (TPSA) is 64.1 Å². The molecular weight excluding hydrogens is 252 g/mol. The van der Waals surface area contributed by atoms with Gasteiger partial charge in [-0.05, 0) is 32.9 Å². The molecule has 0 spiro atoms. The van der Waals surface area contributed by atoms with Crippen molar-refractivity contribution in [1.82, 2.24) is 5.16 Å². The van der Waals surface area contributed by atoms with Crippen LogP contribution in [0.25, 0.3) is 0 Å². The summed E-state index contributed by atoms with van der Waals surface area (Å²) in [5, 5.41) is 6.69. The van der Waals surface area contributed by atoms with Crippen molar-refractivity contribution < 1.29 is 13.3 Å². The zero-order chi connectivity index (χ0) is 14.2. The predicted octanol–water partition coefficient (Wildman–Crippen LogP) is 3.32. The fourth-order valence-corrected chi connectivity index (χ4v) is 2.11. The molecule has 1 unspecified atom stereocenters. The van der Waals surface area contributed by atoms with Crippen molar-refractivity contribution in [1.29, 1.82) is 0 Å². The molecule has 0 fully saturated rings. The Balaban J connectivity index is 2.34. The third-order valence-electron chi connectivity index (χ3n) is 3.01. The molecule has 2 rings (SSSR count). The Kier molecular flexibility index (Phi) is 3.42. The maximum Gasteiger partial charge on any atom is 0.183 e. The van der Waals surface area contributed by atoms with E-state index in [0.717, 1.165) is 11.6 Å². The van der Waals surface area contributed by atoms with Gasteiger partial charge in [-0.25, -0.2) is 8.78 Å². The number of nitrogens with zero attached hydrogens (tertiary/aromatic N) is 1. The van der Waals surface area contributed by atoms with Crippen LogP contribution < -0.4 is 11.1 Å². The first-order chi connectivity index (χ1) is 8.91. The first-order valence-electron chi connectivity index (χ1n) is 5.84. The molecule has 102 valence electrons. The number of hydrogen-bond donors (Lipinski definition) is 2. The molecule has 3 N–H and O–H groups in total. The van der Waals surface area contributed by atoms with Gasteiger partial charge in [-0.15, -0.1) is 0 Å². The second-order valence-electron chi connectivity index (χ2n) is 4.43. The van der Waals surface area contributed by atoms with Crippen LogP contribution in [0.2, 0.25) is 0 Å². The molecule has 0 aliphatic rings. The molecule has 19 heavy (non-hydrogen) atoms. The second kappa shape index (κ2) is 4.87. The zero-order valence-corrected chi connectivity index (χ0v) is 10.9. The average Bonchev–Trinajstić information content (AvgIpc) is 2.69. The SMILES string of the molecule is Cc1noc(C)c1C(C)Nc1c(N)ccc(F)c1F. The number of aryl methyl sites for hydroxylation is 2. The normalized spacial score (nSPS) is 12.5. The Morgan fingerprint density at radius 3 is 2.58 bits per heavy atom. The van der Waals surface area contributed by atoms with Gasteiger partial charge >= 0.3 is 0 Å². The number of nitrogens with two attached hydrogens (primary N) is 1. The van der Waals surface area contributed by atoms with Crippen LogP contribution in [0.15, 0.2) is 16.7 Å². The molecule has 1 aromatic carbocycles. The molecule has 1 heterocycles. The Morgan fingerprint density at radius 2 is 2.00 bits per heavy atom. The van der Waals surface area contributed by atoms with Crippen LogP contribution in [-0.4, -0.2) is 5.16 Å². The molecule has 4 nitrogen and oxygen atoms in total.